The first kappa shape index (κ1) is 22.6. The summed E-state index contributed by atoms with van der Waals surface area (Å²) < 4.78 is 27.5. The molecule has 5 nitrogen and oxygen atoms in total. The topological polar surface area (TPSA) is 66.5 Å². The van der Waals surface area contributed by atoms with Gasteiger partial charge < -0.3 is 5.32 Å². The summed E-state index contributed by atoms with van der Waals surface area (Å²) in [5.41, 5.74) is 0.991. The molecule has 3 rings (SSSR count). The zero-order valence-electron chi connectivity index (χ0n) is 15.6. The molecule has 0 aliphatic carbocycles. The van der Waals surface area contributed by atoms with E-state index in [1.807, 2.05) is 0 Å². The van der Waals surface area contributed by atoms with Gasteiger partial charge in [0.25, 0.3) is 0 Å². The van der Waals surface area contributed by atoms with Crippen LogP contribution in [0.15, 0.2) is 77.7 Å². The number of sulfonamides is 1. The second-order valence-corrected chi connectivity index (χ2v) is 9.52. The molecule has 0 heterocycles. The average molecular weight is 484 g/mol. The molecule has 0 aliphatic heterocycles. The second kappa shape index (κ2) is 9.81. The van der Waals surface area contributed by atoms with Crippen molar-refractivity contribution in [3.05, 3.63) is 93.4 Å². The fourth-order valence-corrected chi connectivity index (χ4v) is 4.59. The summed E-state index contributed by atoms with van der Waals surface area (Å²) in [7, 11) is -3.93. The first-order valence-corrected chi connectivity index (χ1v) is 11.4. The highest BCUT2D eigenvalue weighted by Crippen LogP contribution is 2.29. The van der Waals surface area contributed by atoms with Gasteiger partial charge in [-0.2, -0.15) is 4.31 Å². The van der Waals surface area contributed by atoms with Crippen LogP contribution in [0.1, 0.15) is 5.56 Å². The quantitative estimate of drug-likeness (QED) is 0.484. The van der Waals surface area contributed by atoms with Crippen molar-refractivity contribution in [1.82, 2.24) is 4.31 Å². The lowest BCUT2D eigenvalue weighted by Gasteiger charge is -2.22. The lowest BCUT2D eigenvalue weighted by molar-refractivity contribution is -0.116. The molecule has 0 aromatic heterocycles. The fourth-order valence-electron chi connectivity index (χ4n) is 2.71. The van der Waals surface area contributed by atoms with Gasteiger partial charge in [0.05, 0.1) is 27.2 Å². The number of nitrogens with one attached hydrogen (secondary N) is 1. The minimum absolute atomic E-state index is 0.00883. The molecular formula is C21H17Cl3N2O3S. The Morgan fingerprint density at radius 2 is 1.53 bits per heavy atom. The summed E-state index contributed by atoms with van der Waals surface area (Å²) >= 11 is 18.0. The van der Waals surface area contributed by atoms with Gasteiger partial charge in [0.15, 0.2) is 0 Å². The summed E-state index contributed by atoms with van der Waals surface area (Å²) in [4.78, 5) is 12.8. The molecule has 1 amide bonds. The monoisotopic (exact) mass is 482 g/mol. The molecule has 0 bridgehead atoms. The number of hydrogen-bond donors (Lipinski definition) is 1. The van der Waals surface area contributed by atoms with Crippen molar-refractivity contribution in [2.75, 3.05) is 11.9 Å². The third kappa shape index (κ3) is 5.53. The number of halogens is 3. The Hall–Kier alpha value is -2.09. The molecule has 0 unspecified atom stereocenters. The number of anilines is 1. The van der Waals surface area contributed by atoms with Gasteiger partial charge in [-0.1, -0.05) is 71.2 Å². The highest BCUT2D eigenvalue weighted by molar-refractivity contribution is 7.89. The molecule has 0 saturated heterocycles. The lowest BCUT2D eigenvalue weighted by atomic mass is 10.2. The van der Waals surface area contributed by atoms with Crippen molar-refractivity contribution in [3.63, 3.8) is 0 Å². The number of nitrogens with zero attached hydrogens (tertiary/aromatic N) is 1. The van der Waals surface area contributed by atoms with Crippen LogP contribution >= 0.6 is 34.8 Å². The van der Waals surface area contributed by atoms with Gasteiger partial charge in [-0.05, 0) is 42.0 Å². The minimum atomic E-state index is -3.93. The van der Waals surface area contributed by atoms with Gasteiger partial charge in [0, 0.05) is 11.6 Å². The van der Waals surface area contributed by atoms with Crippen molar-refractivity contribution in [1.29, 1.82) is 0 Å². The molecule has 0 aliphatic rings. The van der Waals surface area contributed by atoms with E-state index in [9.17, 15) is 13.2 Å². The molecule has 0 spiro atoms. The second-order valence-electron chi connectivity index (χ2n) is 6.36. The molecular weight excluding hydrogens is 467 g/mol. The first-order valence-electron chi connectivity index (χ1n) is 8.81. The Bertz CT molecular complexity index is 1140. The Kier molecular flexibility index (Phi) is 7.39. The van der Waals surface area contributed by atoms with Crippen LogP contribution in [-0.2, 0) is 21.4 Å². The summed E-state index contributed by atoms with van der Waals surface area (Å²) in [5.74, 6) is -0.548. The van der Waals surface area contributed by atoms with Crippen LogP contribution in [-0.4, -0.2) is 25.2 Å². The number of amides is 1. The molecule has 0 radical (unpaired) electrons. The van der Waals surface area contributed by atoms with E-state index < -0.39 is 22.5 Å². The maximum Gasteiger partial charge on any atom is 0.243 e. The third-order valence-electron chi connectivity index (χ3n) is 4.20. The van der Waals surface area contributed by atoms with Crippen molar-refractivity contribution in [2.45, 2.75) is 11.4 Å². The highest BCUT2D eigenvalue weighted by Gasteiger charge is 2.27. The standard InChI is InChI=1S/C21H17Cl3N2O3S/c22-16-11-9-15(10-12-16)13-26(30(28,29)17-5-2-1-3-6-17)14-20(27)25-19-8-4-7-18(23)21(19)24/h1-12H,13-14H2,(H,25,27). The fraction of sp³-hybridized carbons (Fsp3) is 0.0952. The Labute approximate surface area is 190 Å². The summed E-state index contributed by atoms with van der Waals surface area (Å²) in [5, 5.41) is 3.61. The Morgan fingerprint density at radius 3 is 2.20 bits per heavy atom. The third-order valence-corrected chi connectivity index (χ3v) is 7.08. The average Bonchev–Trinajstić information content (AvgIpc) is 2.73. The van der Waals surface area contributed by atoms with Gasteiger partial charge >= 0.3 is 0 Å². The minimum Gasteiger partial charge on any atom is -0.324 e. The maximum absolute atomic E-state index is 13.2. The molecule has 30 heavy (non-hydrogen) atoms. The highest BCUT2D eigenvalue weighted by atomic mass is 35.5. The first-order chi connectivity index (χ1) is 14.3. The van der Waals surface area contributed by atoms with Crippen LogP contribution in [0.5, 0.6) is 0 Å². The predicted molar refractivity (Wildman–Crippen MR) is 121 cm³/mol. The molecule has 156 valence electrons. The predicted octanol–water partition coefficient (Wildman–Crippen LogP) is 5.48. The largest absolute Gasteiger partial charge is 0.324 e. The van der Waals surface area contributed by atoms with E-state index in [2.05, 4.69) is 5.32 Å². The summed E-state index contributed by atoms with van der Waals surface area (Å²) in [6, 6.07) is 19.5. The number of rotatable bonds is 7. The van der Waals surface area contributed by atoms with E-state index in [0.29, 0.717) is 16.3 Å². The molecule has 9 heteroatoms. The van der Waals surface area contributed by atoms with E-state index in [1.54, 1.807) is 60.7 Å². The molecule has 0 saturated carbocycles. The Morgan fingerprint density at radius 1 is 0.867 bits per heavy atom. The normalized spacial score (nSPS) is 11.5. The van der Waals surface area contributed by atoms with Gasteiger partial charge in [0.2, 0.25) is 15.9 Å². The molecule has 0 atom stereocenters. The molecule has 3 aromatic rings. The van der Waals surface area contributed by atoms with Crippen LogP contribution in [0.4, 0.5) is 5.69 Å². The van der Waals surface area contributed by atoms with E-state index in [0.717, 1.165) is 4.31 Å². The van der Waals surface area contributed by atoms with Crippen molar-refractivity contribution in [2.24, 2.45) is 0 Å². The maximum atomic E-state index is 13.2. The SMILES string of the molecule is O=C(CN(Cc1ccc(Cl)cc1)S(=O)(=O)c1ccccc1)Nc1cccc(Cl)c1Cl. The van der Waals surface area contributed by atoms with Gasteiger partial charge in [-0.25, -0.2) is 8.42 Å². The van der Waals surface area contributed by atoms with E-state index in [4.69, 9.17) is 34.8 Å². The van der Waals surface area contributed by atoms with E-state index in [1.165, 1.54) is 12.1 Å². The van der Waals surface area contributed by atoms with Gasteiger partial charge in [-0.3, -0.25) is 4.79 Å². The van der Waals surface area contributed by atoms with Crippen LogP contribution in [0.2, 0.25) is 15.1 Å². The van der Waals surface area contributed by atoms with Crippen LogP contribution in [0.3, 0.4) is 0 Å². The molecule has 1 N–H and O–H groups in total. The lowest BCUT2D eigenvalue weighted by Crippen LogP contribution is -2.37. The Balaban J connectivity index is 1.87. The molecule has 3 aromatic carbocycles. The van der Waals surface area contributed by atoms with Crippen LogP contribution in [0.25, 0.3) is 0 Å². The van der Waals surface area contributed by atoms with E-state index in [-0.39, 0.29) is 21.5 Å². The number of benzene rings is 3. The zero-order valence-corrected chi connectivity index (χ0v) is 18.6. The van der Waals surface area contributed by atoms with Crippen molar-refractivity contribution in [3.8, 4) is 0 Å². The van der Waals surface area contributed by atoms with E-state index >= 15 is 0 Å². The number of carbonyl (C=O) groups excluding carboxylic acids is 1. The number of carbonyl (C=O) groups is 1. The smallest absolute Gasteiger partial charge is 0.243 e. The van der Waals surface area contributed by atoms with Crippen LogP contribution < -0.4 is 5.32 Å². The summed E-state index contributed by atoms with van der Waals surface area (Å²) in [6.07, 6.45) is 0. The van der Waals surface area contributed by atoms with Gasteiger partial charge in [0.1, 0.15) is 0 Å². The zero-order chi connectivity index (χ0) is 21.7. The van der Waals surface area contributed by atoms with Crippen molar-refractivity contribution < 1.29 is 13.2 Å². The molecule has 0 fully saturated rings. The van der Waals surface area contributed by atoms with Crippen LogP contribution in [0, 0.1) is 0 Å². The summed E-state index contributed by atoms with van der Waals surface area (Å²) in [6.45, 7) is -0.423. The number of hydrogen-bond acceptors (Lipinski definition) is 3. The van der Waals surface area contributed by atoms with Crippen molar-refractivity contribution >= 4 is 56.4 Å². The van der Waals surface area contributed by atoms with Gasteiger partial charge in [-0.15, -0.1) is 0 Å².